The van der Waals surface area contributed by atoms with Gasteiger partial charge in [-0.3, -0.25) is 0 Å². The molecule has 1 fully saturated rings. The first-order chi connectivity index (χ1) is 7.86. The van der Waals surface area contributed by atoms with Crippen LogP contribution in [0.2, 0.25) is 0 Å². The molecule has 1 aliphatic rings. The van der Waals surface area contributed by atoms with Crippen LogP contribution in [-0.2, 0) is 0 Å². The van der Waals surface area contributed by atoms with E-state index in [-0.39, 0.29) is 0 Å². The maximum atomic E-state index is 3.65. The van der Waals surface area contributed by atoms with E-state index in [2.05, 4.69) is 19.2 Å². The lowest BCUT2D eigenvalue weighted by atomic mass is 9.81. The summed E-state index contributed by atoms with van der Waals surface area (Å²) in [6.45, 7) is 7.15. The molecule has 1 rings (SSSR count). The Morgan fingerprint density at radius 3 is 2.19 bits per heavy atom. The summed E-state index contributed by atoms with van der Waals surface area (Å²) in [6, 6.07) is 0. The van der Waals surface area contributed by atoms with Crippen molar-refractivity contribution in [3.8, 4) is 0 Å². The van der Waals surface area contributed by atoms with Gasteiger partial charge in [0.15, 0.2) is 0 Å². The molecule has 1 nitrogen and oxygen atoms in total. The zero-order chi connectivity index (χ0) is 11.6. The molecule has 0 bridgehead atoms. The van der Waals surface area contributed by atoms with Crippen molar-refractivity contribution in [2.45, 2.75) is 71.6 Å². The molecule has 0 radical (unpaired) electrons. The van der Waals surface area contributed by atoms with E-state index in [9.17, 15) is 0 Å². The van der Waals surface area contributed by atoms with Crippen LogP contribution in [0.1, 0.15) is 71.6 Å². The van der Waals surface area contributed by atoms with Gasteiger partial charge in [0, 0.05) is 0 Å². The molecular formula is C15H31N. The Morgan fingerprint density at radius 1 is 0.875 bits per heavy atom. The average molecular weight is 225 g/mol. The molecule has 1 saturated carbocycles. The van der Waals surface area contributed by atoms with Crippen molar-refractivity contribution in [2.24, 2.45) is 11.8 Å². The van der Waals surface area contributed by atoms with Crippen molar-refractivity contribution in [3.63, 3.8) is 0 Å². The first kappa shape index (κ1) is 14.0. The fourth-order valence-electron chi connectivity index (χ4n) is 2.83. The normalized spacial score (nSPS) is 25.9. The van der Waals surface area contributed by atoms with Crippen LogP contribution in [-0.4, -0.2) is 13.1 Å². The molecule has 1 aliphatic carbocycles. The van der Waals surface area contributed by atoms with Crippen molar-refractivity contribution in [1.82, 2.24) is 5.32 Å². The van der Waals surface area contributed by atoms with Gasteiger partial charge >= 0.3 is 0 Å². The van der Waals surface area contributed by atoms with Crippen molar-refractivity contribution >= 4 is 0 Å². The summed E-state index contributed by atoms with van der Waals surface area (Å²) in [5.41, 5.74) is 0. The molecule has 0 aromatic rings. The monoisotopic (exact) mass is 225 g/mol. The molecule has 1 heteroatoms. The summed E-state index contributed by atoms with van der Waals surface area (Å²) in [6.07, 6.45) is 12.9. The lowest BCUT2D eigenvalue weighted by molar-refractivity contribution is 0.262. The lowest BCUT2D eigenvalue weighted by Gasteiger charge is -2.27. The molecule has 0 aromatic heterocycles. The molecule has 0 unspecified atom stereocenters. The van der Waals surface area contributed by atoms with Gasteiger partial charge in [0.2, 0.25) is 0 Å². The standard InChI is InChI=1S/C15H31N/c1-3-5-6-7-12-16-13-15-10-8-14(4-2)9-11-15/h14-16H,3-13H2,1-2H3. The third-order valence-corrected chi connectivity index (χ3v) is 4.18. The first-order valence-corrected chi connectivity index (χ1v) is 7.57. The van der Waals surface area contributed by atoms with Crippen LogP contribution in [0.15, 0.2) is 0 Å². The van der Waals surface area contributed by atoms with Crippen LogP contribution in [0.25, 0.3) is 0 Å². The first-order valence-electron chi connectivity index (χ1n) is 7.57. The summed E-state index contributed by atoms with van der Waals surface area (Å²) in [5.74, 6) is 2.02. The highest BCUT2D eigenvalue weighted by atomic mass is 14.9. The van der Waals surface area contributed by atoms with Gasteiger partial charge in [-0.2, -0.15) is 0 Å². The van der Waals surface area contributed by atoms with E-state index in [4.69, 9.17) is 0 Å². The maximum absolute atomic E-state index is 3.65. The van der Waals surface area contributed by atoms with E-state index >= 15 is 0 Å². The molecular weight excluding hydrogens is 194 g/mol. The van der Waals surface area contributed by atoms with Gasteiger partial charge in [-0.1, -0.05) is 52.4 Å². The average Bonchev–Trinajstić information content (AvgIpc) is 2.34. The van der Waals surface area contributed by atoms with E-state index < -0.39 is 0 Å². The quantitative estimate of drug-likeness (QED) is 0.605. The third-order valence-electron chi connectivity index (χ3n) is 4.18. The van der Waals surface area contributed by atoms with Crippen LogP contribution in [0, 0.1) is 11.8 Å². The van der Waals surface area contributed by atoms with E-state index in [0.29, 0.717) is 0 Å². The molecule has 96 valence electrons. The van der Waals surface area contributed by atoms with Gasteiger partial charge in [-0.15, -0.1) is 0 Å². The minimum absolute atomic E-state index is 0.981. The second-order valence-corrected chi connectivity index (χ2v) is 5.56. The number of hydrogen-bond acceptors (Lipinski definition) is 1. The van der Waals surface area contributed by atoms with Gasteiger partial charge in [0.1, 0.15) is 0 Å². The minimum Gasteiger partial charge on any atom is -0.316 e. The van der Waals surface area contributed by atoms with E-state index in [0.717, 1.165) is 11.8 Å². The van der Waals surface area contributed by atoms with Crippen molar-refractivity contribution in [3.05, 3.63) is 0 Å². The van der Waals surface area contributed by atoms with Crippen LogP contribution in [0.5, 0.6) is 0 Å². The van der Waals surface area contributed by atoms with Crippen molar-refractivity contribution in [1.29, 1.82) is 0 Å². The van der Waals surface area contributed by atoms with Gasteiger partial charge < -0.3 is 5.32 Å². The van der Waals surface area contributed by atoms with Gasteiger partial charge in [0.25, 0.3) is 0 Å². The van der Waals surface area contributed by atoms with Gasteiger partial charge in [0.05, 0.1) is 0 Å². The largest absolute Gasteiger partial charge is 0.316 e. The molecule has 0 aliphatic heterocycles. The summed E-state index contributed by atoms with van der Waals surface area (Å²) >= 11 is 0. The molecule has 1 N–H and O–H groups in total. The summed E-state index contributed by atoms with van der Waals surface area (Å²) in [7, 11) is 0. The van der Waals surface area contributed by atoms with Gasteiger partial charge in [-0.25, -0.2) is 0 Å². The molecule has 0 atom stereocenters. The highest BCUT2D eigenvalue weighted by molar-refractivity contribution is 4.73. The highest BCUT2D eigenvalue weighted by Gasteiger charge is 2.19. The smallest absolute Gasteiger partial charge is 0.00205 e. The fourth-order valence-corrected chi connectivity index (χ4v) is 2.83. The number of nitrogens with one attached hydrogen (secondary N) is 1. The van der Waals surface area contributed by atoms with E-state index in [1.165, 1.54) is 70.9 Å². The maximum Gasteiger partial charge on any atom is -0.00205 e. The fraction of sp³-hybridized carbons (Fsp3) is 1.00. The molecule has 0 heterocycles. The van der Waals surface area contributed by atoms with Gasteiger partial charge in [-0.05, 0) is 44.2 Å². The predicted molar refractivity (Wildman–Crippen MR) is 72.8 cm³/mol. The molecule has 0 aromatic carbocycles. The molecule has 0 amide bonds. The van der Waals surface area contributed by atoms with Crippen molar-refractivity contribution in [2.75, 3.05) is 13.1 Å². The number of rotatable bonds is 8. The Balaban J connectivity index is 1.90. The zero-order valence-electron chi connectivity index (χ0n) is 11.4. The Labute approximate surface area is 102 Å². The van der Waals surface area contributed by atoms with Crippen LogP contribution in [0.4, 0.5) is 0 Å². The summed E-state index contributed by atoms with van der Waals surface area (Å²) in [5, 5.41) is 3.65. The van der Waals surface area contributed by atoms with Crippen LogP contribution < -0.4 is 5.32 Å². The summed E-state index contributed by atoms with van der Waals surface area (Å²) < 4.78 is 0. The van der Waals surface area contributed by atoms with E-state index in [1.54, 1.807) is 0 Å². The molecule has 0 saturated heterocycles. The predicted octanol–water partition coefficient (Wildman–Crippen LogP) is 4.37. The minimum atomic E-state index is 0.981. The molecule has 0 spiro atoms. The van der Waals surface area contributed by atoms with E-state index in [1.807, 2.05) is 0 Å². The SMILES string of the molecule is CCCCCCNCC1CCC(CC)CC1. The third kappa shape index (κ3) is 5.89. The number of unbranched alkanes of at least 4 members (excludes halogenated alkanes) is 3. The molecule has 16 heavy (non-hydrogen) atoms. The Bertz CT molecular complexity index is 148. The second kappa shape index (κ2) is 9.04. The lowest BCUT2D eigenvalue weighted by Crippen LogP contribution is -2.27. The number of hydrogen-bond donors (Lipinski definition) is 1. The van der Waals surface area contributed by atoms with Crippen LogP contribution >= 0.6 is 0 Å². The zero-order valence-corrected chi connectivity index (χ0v) is 11.4. The van der Waals surface area contributed by atoms with Crippen molar-refractivity contribution < 1.29 is 0 Å². The Kier molecular flexibility index (Phi) is 7.92. The Morgan fingerprint density at radius 2 is 1.56 bits per heavy atom. The highest BCUT2D eigenvalue weighted by Crippen LogP contribution is 2.29. The second-order valence-electron chi connectivity index (χ2n) is 5.56. The summed E-state index contributed by atoms with van der Waals surface area (Å²) in [4.78, 5) is 0. The topological polar surface area (TPSA) is 12.0 Å². The van der Waals surface area contributed by atoms with Crippen LogP contribution in [0.3, 0.4) is 0 Å². The Hall–Kier alpha value is -0.0400.